The zero-order chi connectivity index (χ0) is 12.9. The molecule has 0 fully saturated rings. The molecule has 3 nitrogen and oxygen atoms in total. The van der Waals surface area contributed by atoms with E-state index in [1.165, 1.54) is 16.4 Å². The van der Waals surface area contributed by atoms with Crippen LogP contribution in [0.4, 0.5) is 0 Å². The summed E-state index contributed by atoms with van der Waals surface area (Å²) in [7, 11) is -3.48. The average molecular weight is 296 g/mol. The molecule has 0 saturated heterocycles. The quantitative estimate of drug-likeness (QED) is 0.757. The van der Waals surface area contributed by atoms with Crippen molar-refractivity contribution in [1.82, 2.24) is 4.31 Å². The van der Waals surface area contributed by atoms with E-state index in [4.69, 9.17) is 23.2 Å². The van der Waals surface area contributed by atoms with Crippen molar-refractivity contribution in [2.24, 2.45) is 0 Å². The van der Waals surface area contributed by atoms with Gasteiger partial charge in [-0.3, -0.25) is 0 Å². The van der Waals surface area contributed by atoms with Gasteiger partial charge in [0.2, 0.25) is 10.0 Å². The van der Waals surface area contributed by atoms with E-state index in [2.05, 4.69) is 0 Å². The van der Waals surface area contributed by atoms with Gasteiger partial charge in [-0.25, -0.2) is 8.42 Å². The maximum Gasteiger partial charge on any atom is 0.243 e. The lowest BCUT2D eigenvalue weighted by atomic mass is 10.4. The summed E-state index contributed by atoms with van der Waals surface area (Å²) in [4.78, 5) is 0.212. The van der Waals surface area contributed by atoms with Crippen LogP contribution in [0.1, 0.15) is 13.3 Å². The summed E-state index contributed by atoms with van der Waals surface area (Å²) in [5, 5.41) is 0.411. The lowest BCUT2D eigenvalue weighted by Gasteiger charge is -2.20. The first-order chi connectivity index (χ1) is 8.02. The Hall–Kier alpha value is -0.290. The van der Waals surface area contributed by atoms with Crippen LogP contribution in [0.3, 0.4) is 0 Å². The molecule has 0 atom stereocenters. The third-order valence-electron chi connectivity index (χ3n) is 2.24. The molecule has 0 aliphatic carbocycles. The highest BCUT2D eigenvalue weighted by atomic mass is 35.5. The lowest BCUT2D eigenvalue weighted by Crippen LogP contribution is -2.33. The molecule has 0 amide bonds. The molecule has 6 heteroatoms. The van der Waals surface area contributed by atoms with E-state index in [1.807, 2.05) is 6.92 Å². The third-order valence-corrected chi connectivity index (χ3v) is 4.54. The third kappa shape index (κ3) is 3.85. The Morgan fingerprint density at radius 3 is 2.53 bits per heavy atom. The minimum absolute atomic E-state index is 0.212. The number of sulfonamides is 1. The number of benzene rings is 1. The van der Waals surface area contributed by atoms with Gasteiger partial charge >= 0.3 is 0 Å². The summed E-state index contributed by atoms with van der Waals surface area (Å²) in [6, 6.07) is 6.26. The van der Waals surface area contributed by atoms with Crippen LogP contribution in [-0.4, -0.2) is 31.7 Å². The molecule has 1 aromatic carbocycles. The Morgan fingerprint density at radius 1 is 1.29 bits per heavy atom. The highest BCUT2D eigenvalue weighted by Gasteiger charge is 2.23. The summed E-state index contributed by atoms with van der Waals surface area (Å²) in [6.07, 6.45) is 0.747. The Morgan fingerprint density at radius 2 is 2.00 bits per heavy atom. The van der Waals surface area contributed by atoms with Crippen LogP contribution in [0.2, 0.25) is 5.02 Å². The number of halogens is 2. The Balaban J connectivity index is 3.07. The molecule has 17 heavy (non-hydrogen) atoms. The van der Waals surface area contributed by atoms with Crippen molar-refractivity contribution in [3.05, 3.63) is 29.3 Å². The van der Waals surface area contributed by atoms with E-state index in [9.17, 15) is 8.42 Å². The number of nitrogens with zero attached hydrogens (tertiary/aromatic N) is 1. The van der Waals surface area contributed by atoms with E-state index >= 15 is 0 Å². The van der Waals surface area contributed by atoms with Gasteiger partial charge in [-0.15, -0.1) is 11.6 Å². The number of hydrogen-bond acceptors (Lipinski definition) is 2. The van der Waals surface area contributed by atoms with Gasteiger partial charge in [0.05, 0.1) is 4.90 Å². The van der Waals surface area contributed by atoms with Gasteiger partial charge in [-0.2, -0.15) is 4.31 Å². The number of hydrogen-bond donors (Lipinski definition) is 0. The predicted octanol–water partition coefficient (Wildman–Crippen LogP) is 2.98. The minimum Gasteiger partial charge on any atom is -0.207 e. The summed E-state index contributed by atoms with van der Waals surface area (Å²) >= 11 is 11.4. The topological polar surface area (TPSA) is 37.4 Å². The van der Waals surface area contributed by atoms with Gasteiger partial charge < -0.3 is 0 Å². The maximum absolute atomic E-state index is 12.3. The first-order valence-electron chi connectivity index (χ1n) is 5.34. The molecule has 0 unspecified atom stereocenters. The SMILES string of the molecule is CCCN(CCCl)S(=O)(=O)c1cccc(Cl)c1. The van der Waals surface area contributed by atoms with E-state index in [0.717, 1.165) is 6.42 Å². The van der Waals surface area contributed by atoms with E-state index < -0.39 is 10.0 Å². The lowest BCUT2D eigenvalue weighted by molar-refractivity contribution is 0.428. The van der Waals surface area contributed by atoms with Crippen molar-refractivity contribution in [1.29, 1.82) is 0 Å². The molecule has 0 aliphatic heterocycles. The van der Waals surface area contributed by atoms with Gasteiger partial charge in [0, 0.05) is 24.0 Å². The van der Waals surface area contributed by atoms with Crippen molar-refractivity contribution in [3.63, 3.8) is 0 Å². The molecule has 0 aliphatic rings. The van der Waals surface area contributed by atoms with Gasteiger partial charge in [0.15, 0.2) is 0 Å². The Bertz CT molecular complexity index is 456. The first kappa shape index (κ1) is 14.8. The van der Waals surface area contributed by atoms with Gasteiger partial charge in [0.25, 0.3) is 0 Å². The van der Waals surface area contributed by atoms with E-state index in [-0.39, 0.29) is 10.8 Å². The fraction of sp³-hybridized carbons (Fsp3) is 0.455. The Labute approximate surface area is 112 Å². The van der Waals surface area contributed by atoms with E-state index in [1.54, 1.807) is 12.1 Å². The van der Waals surface area contributed by atoms with Crippen LogP contribution in [0, 0.1) is 0 Å². The zero-order valence-corrected chi connectivity index (χ0v) is 11.9. The summed E-state index contributed by atoms with van der Waals surface area (Å²) in [5.41, 5.74) is 0. The molecule has 1 rings (SSSR count). The maximum atomic E-state index is 12.3. The fourth-order valence-electron chi connectivity index (χ4n) is 1.47. The van der Waals surface area contributed by atoms with Crippen LogP contribution in [0.5, 0.6) is 0 Å². The second kappa shape index (κ2) is 6.59. The molecular formula is C11H15Cl2NO2S. The van der Waals surface area contributed by atoms with Crippen LogP contribution < -0.4 is 0 Å². The molecule has 0 spiro atoms. The molecule has 0 N–H and O–H groups in total. The molecule has 96 valence electrons. The van der Waals surface area contributed by atoms with Crippen molar-refractivity contribution in [2.75, 3.05) is 19.0 Å². The molecule has 0 saturated carbocycles. The average Bonchev–Trinajstić information content (AvgIpc) is 2.29. The summed E-state index contributed by atoms with van der Waals surface area (Å²) in [6.45, 7) is 2.69. The summed E-state index contributed by atoms with van der Waals surface area (Å²) in [5.74, 6) is 0.278. The van der Waals surface area contributed by atoms with Crippen LogP contribution in [0.15, 0.2) is 29.2 Å². The highest BCUT2D eigenvalue weighted by molar-refractivity contribution is 7.89. The predicted molar refractivity (Wildman–Crippen MR) is 71.2 cm³/mol. The van der Waals surface area contributed by atoms with Gasteiger partial charge in [0.1, 0.15) is 0 Å². The largest absolute Gasteiger partial charge is 0.243 e. The molecular weight excluding hydrogens is 281 g/mol. The molecule has 0 heterocycles. The molecule has 0 radical (unpaired) electrons. The summed E-state index contributed by atoms with van der Waals surface area (Å²) < 4.78 is 25.9. The standard InChI is InChI=1S/C11H15Cl2NO2S/c1-2-7-14(8-6-12)17(15,16)11-5-3-4-10(13)9-11/h3-5,9H,2,6-8H2,1H3. The van der Waals surface area contributed by atoms with Crippen molar-refractivity contribution < 1.29 is 8.42 Å². The fourth-order valence-corrected chi connectivity index (χ4v) is 3.61. The minimum atomic E-state index is -3.48. The van der Waals surface area contributed by atoms with E-state index in [0.29, 0.717) is 18.1 Å². The second-order valence-electron chi connectivity index (χ2n) is 3.55. The highest BCUT2D eigenvalue weighted by Crippen LogP contribution is 2.19. The molecule has 1 aromatic rings. The number of rotatable bonds is 6. The van der Waals surface area contributed by atoms with Crippen molar-refractivity contribution in [3.8, 4) is 0 Å². The van der Waals surface area contributed by atoms with Gasteiger partial charge in [-0.05, 0) is 24.6 Å². The first-order valence-corrected chi connectivity index (χ1v) is 7.69. The van der Waals surface area contributed by atoms with Gasteiger partial charge in [-0.1, -0.05) is 24.6 Å². The smallest absolute Gasteiger partial charge is 0.207 e. The molecule has 0 aromatic heterocycles. The molecule has 0 bridgehead atoms. The number of alkyl halides is 1. The monoisotopic (exact) mass is 295 g/mol. The van der Waals surface area contributed by atoms with Crippen LogP contribution in [0.25, 0.3) is 0 Å². The van der Waals surface area contributed by atoms with Crippen molar-refractivity contribution >= 4 is 33.2 Å². The Kier molecular flexibility index (Phi) is 5.73. The van der Waals surface area contributed by atoms with Crippen molar-refractivity contribution in [2.45, 2.75) is 18.2 Å². The normalized spacial score (nSPS) is 12.0. The van der Waals surface area contributed by atoms with Crippen LogP contribution in [-0.2, 0) is 10.0 Å². The van der Waals surface area contributed by atoms with Crippen LogP contribution >= 0.6 is 23.2 Å². The second-order valence-corrected chi connectivity index (χ2v) is 6.30. The zero-order valence-electron chi connectivity index (χ0n) is 9.57.